The van der Waals surface area contributed by atoms with E-state index < -0.39 is 60.5 Å². The third kappa shape index (κ3) is 7.87. The summed E-state index contributed by atoms with van der Waals surface area (Å²) in [5.41, 5.74) is 1.15. The molecule has 0 aliphatic carbocycles. The molecule has 0 aromatic heterocycles. The number of ether oxygens (including phenoxy) is 6. The maximum absolute atomic E-state index is 13.6. The van der Waals surface area contributed by atoms with Crippen LogP contribution in [0.2, 0.25) is 0 Å². The van der Waals surface area contributed by atoms with Crippen LogP contribution < -0.4 is 20.1 Å². The smallest absolute Gasteiger partial charge is 0.303 e. The molecule has 2 aliphatic heterocycles. The highest BCUT2D eigenvalue weighted by Gasteiger charge is 2.52. The molecule has 2 heterocycles. The molecular weight excluding hydrogens is 564 g/mol. The van der Waals surface area contributed by atoms with Crippen LogP contribution in [0.1, 0.15) is 49.7 Å². The van der Waals surface area contributed by atoms with E-state index in [1.165, 1.54) is 13.8 Å². The number of hydrogen-bond acceptors (Lipinski definition) is 12. The quantitative estimate of drug-likeness (QED) is 0.166. The van der Waals surface area contributed by atoms with Gasteiger partial charge in [-0.3, -0.25) is 29.3 Å². The van der Waals surface area contributed by atoms with Crippen LogP contribution in [-0.4, -0.2) is 80.0 Å². The number of carbonyl (C=O) groups excluding carboxylic acids is 5. The summed E-state index contributed by atoms with van der Waals surface area (Å²) in [7, 11) is 1.57. The number of amides is 1. The number of para-hydroxylation sites is 1. The first-order valence-corrected chi connectivity index (χ1v) is 13.6. The summed E-state index contributed by atoms with van der Waals surface area (Å²) >= 11 is 0. The highest BCUT2D eigenvalue weighted by molar-refractivity contribution is 6.04. The van der Waals surface area contributed by atoms with E-state index >= 15 is 0 Å². The Hall–Kier alpha value is -4.49. The Labute approximate surface area is 248 Å². The van der Waals surface area contributed by atoms with Crippen LogP contribution in [-0.2, 0) is 38.1 Å². The number of Topliss-reactive ketones (excluding diaryl/α,β-unsaturated/α-hetero) is 1. The van der Waals surface area contributed by atoms with E-state index in [-0.39, 0.29) is 29.7 Å². The van der Waals surface area contributed by atoms with Gasteiger partial charge in [-0.25, -0.2) is 0 Å². The van der Waals surface area contributed by atoms with E-state index in [0.717, 1.165) is 19.4 Å². The summed E-state index contributed by atoms with van der Waals surface area (Å²) in [6.45, 7) is 4.35. The lowest BCUT2D eigenvalue weighted by Crippen LogP contribution is -2.67. The van der Waals surface area contributed by atoms with Crippen molar-refractivity contribution in [1.29, 1.82) is 0 Å². The molecule has 1 amide bonds. The normalized spacial score (nSPS) is 25.9. The summed E-state index contributed by atoms with van der Waals surface area (Å²) in [4.78, 5) is 61.5. The highest BCUT2D eigenvalue weighted by Crippen LogP contribution is 2.36. The zero-order valence-electron chi connectivity index (χ0n) is 24.4. The van der Waals surface area contributed by atoms with Gasteiger partial charge < -0.3 is 33.7 Å². The molecular formula is C30H34N2O11. The Morgan fingerprint density at radius 2 is 1.51 bits per heavy atom. The zero-order valence-corrected chi connectivity index (χ0v) is 24.4. The van der Waals surface area contributed by atoms with Crippen molar-refractivity contribution in [3.05, 3.63) is 59.7 Å². The third-order valence-electron chi connectivity index (χ3n) is 6.81. The minimum atomic E-state index is -1.36. The molecule has 13 nitrogen and oxygen atoms in total. The van der Waals surface area contributed by atoms with Gasteiger partial charge in [-0.1, -0.05) is 24.3 Å². The summed E-state index contributed by atoms with van der Waals surface area (Å²) in [6.07, 6.45) is -5.08. The minimum absolute atomic E-state index is 0.133. The van der Waals surface area contributed by atoms with Gasteiger partial charge in [0.05, 0.1) is 24.8 Å². The fourth-order valence-electron chi connectivity index (χ4n) is 4.92. The van der Waals surface area contributed by atoms with Gasteiger partial charge in [-0.2, -0.15) is 0 Å². The molecule has 0 saturated carbocycles. The van der Waals surface area contributed by atoms with E-state index in [9.17, 15) is 24.0 Å². The van der Waals surface area contributed by atoms with Crippen molar-refractivity contribution >= 4 is 29.6 Å². The predicted molar refractivity (Wildman–Crippen MR) is 148 cm³/mol. The number of ketones is 1. The standard InChI is InChI=1S/C30H34N2O11/c1-15(33)31-26-29(41-18(4)36)28(40-17(3)35)23(14-39-16(2)34)43-30(26)42-22-9-7-6-8-21(22)27(37)25-24(32-25)19-10-12-20(38-5)13-11-19/h6-13,23-26,28-30,32H,14H2,1-5H3,(H,31,33)/t23-,24+,25-,26-,28-,29-,30-/m1/s1. The zero-order chi connectivity index (χ0) is 31.3. The molecule has 230 valence electrons. The summed E-state index contributed by atoms with van der Waals surface area (Å²) < 4.78 is 33.5. The lowest BCUT2D eigenvalue weighted by molar-refractivity contribution is -0.257. The largest absolute Gasteiger partial charge is 0.497 e. The number of nitrogens with one attached hydrogen (secondary N) is 2. The summed E-state index contributed by atoms with van der Waals surface area (Å²) in [5.74, 6) is -2.02. The molecule has 0 radical (unpaired) electrons. The Morgan fingerprint density at radius 3 is 2.12 bits per heavy atom. The first-order valence-electron chi connectivity index (χ1n) is 13.6. The monoisotopic (exact) mass is 598 g/mol. The van der Waals surface area contributed by atoms with Crippen molar-refractivity contribution < 1.29 is 52.4 Å². The maximum atomic E-state index is 13.6. The molecule has 7 atom stereocenters. The maximum Gasteiger partial charge on any atom is 0.303 e. The Bertz CT molecular complexity index is 1360. The van der Waals surface area contributed by atoms with Crippen LogP contribution in [0.4, 0.5) is 0 Å². The number of esters is 3. The van der Waals surface area contributed by atoms with Crippen molar-refractivity contribution in [1.82, 2.24) is 10.6 Å². The van der Waals surface area contributed by atoms with Crippen LogP contribution in [0, 0.1) is 0 Å². The molecule has 0 bridgehead atoms. The highest BCUT2D eigenvalue weighted by atomic mass is 16.7. The van der Waals surface area contributed by atoms with Gasteiger partial charge in [0.1, 0.15) is 30.3 Å². The third-order valence-corrected chi connectivity index (χ3v) is 6.81. The minimum Gasteiger partial charge on any atom is -0.497 e. The SMILES string of the molecule is COc1ccc([C@@H]2N[C@H]2C(=O)c2ccccc2O[C@@H]2O[C@H](COC(C)=O)[C@@H](OC(C)=O)[C@H](OC(C)=O)[C@H]2NC(C)=O)cc1. The molecule has 4 rings (SSSR count). The molecule has 43 heavy (non-hydrogen) atoms. The van der Waals surface area contributed by atoms with Gasteiger partial charge in [0.25, 0.3) is 0 Å². The lowest BCUT2D eigenvalue weighted by atomic mass is 9.95. The Kier molecular flexibility index (Phi) is 9.99. The number of hydrogen-bond donors (Lipinski definition) is 2. The molecule has 0 spiro atoms. The van der Waals surface area contributed by atoms with E-state index in [0.29, 0.717) is 5.75 Å². The first kappa shape index (κ1) is 31.4. The second-order valence-electron chi connectivity index (χ2n) is 10.1. The van der Waals surface area contributed by atoms with Crippen molar-refractivity contribution in [2.45, 2.75) is 70.4 Å². The van der Waals surface area contributed by atoms with E-state index in [4.69, 9.17) is 28.4 Å². The molecule has 2 aromatic rings. The second-order valence-corrected chi connectivity index (χ2v) is 10.1. The Morgan fingerprint density at radius 1 is 0.860 bits per heavy atom. The molecule has 2 N–H and O–H groups in total. The van der Waals surface area contributed by atoms with E-state index in [2.05, 4.69) is 10.6 Å². The van der Waals surface area contributed by atoms with Gasteiger partial charge in [-0.15, -0.1) is 0 Å². The number of rotatable bonds is 11. The van der Waals surface area contributed by atoms with Gasteiger partial charge in [-0.05, 0) is 29.8 Å². The second kappa shape index (κ2) is 13.7. The Balaban J connectivity index is 1.63. The predicted octanol–water partition coefficient (Wildman–Crippen LogP) is 1.63. The van der Waals surface area contributed by atoms with Gasteiger partial charge in [0.2, 0.25) is 12.2 Å². The molecule has 2 aliphatic rings. The van der Waals surface area contributed by atoms with Gasteiger partial charge in [0, 0.05) is 27.7 Å². The first-order chi connectivity index (χ1) is 20.5. The van der Waals surface area contributed by atoms with E-state index in [1.807, 2.05) is 24.3 Å². The lowest BCUT2D eigenvalue weighted by Gasteiger charge is -2.44. The number of methoxy groups -OCH3 is 1. The topological polar surface area (TPSA) is 175 Å². The van der Waals surface area contributed by atoms with Crippen molar-refractivity contribution in [3.63, 3.8) is 0 Å². The number of carbonyl (C=O) groups is 5. The average molecular weight is 599 g/mol. The molecule has 0 unspecified atom stereocenters. The van der Waals surface area contributed by atoms with Crippen LogP contribution in [0.25, 0.3) is 0 Å². The van der Waals surface area contributed by atoms with Crippen LogP contribution in [0.3, 0.4) is 0 Å². The van der Waals surface area contributed by atoms with Crippen molar-refractivity contribution in [2.75, 3.05) is 13.7 Å². The molecule has 2 saturated heterocycles. The van der Waals surface area contributed by atoms with Crippen molar-refractivity contribution in [3.8, 4) is 11.5 Å². The fraction of sp³-hybridized carbons (Fsp3) is 0.433. The molecule has 13 heteroatoms. The fourth-order valence-corrected chi connectivity index (χ4v) is 4.92. The summed E-state index contributed by atoms with van der Waals surface area (Å²) in [6, 6.07) is 11.9. The van der Waals surface area contributed by atoms with Crippen LogP contribution in [0.5, 0.6) is 11.5 Å². The number of benzene rings is 2. The molecule has 2 fully saturated rings. The average Bonchev–Trinajstić information content (AvgIpc) is 3.75. The van der Waals surface area contributed by atoms with Crippen molar-refractivity contribution in [2.24, 2.45) is 0 Å². The molecule has 2 aromatic carbocycles. The van der Waals surface area contributed by atoms with E-state index in [1.54, 1.807) is 31.4 Å². The van der Waals surface area contributed by atoms with Crippen LogP contribution >= 0.6 is 0 Å². The summed E-state index contributed by atoms with van der Waals surface area (Å²) in [5, 5.41) is 5.83. The van der Waals surface area contributed by atoms with Gasteiger partial charge >= 0.3 is 17.9 Å². The van der Waals surface area contributed by atoms with Gasteiger partial charge in [0.15, 0.2) is 18.0 Å². The van der Waals surface area contributed by atoms with Crippen LogP contribution in [0.15, 0.2) is 48.5 Å².